The Balaban J connectivity index is 2.52. The van der Waals surface area contributed by atoms with E-state index >= 15 is 0 Å². The molecule has 1 N–H and O–H groups in total. The summed E-state index contributed by atoms with van der Waals surface area (Å²) in [5.74, 6) is 1.67. The van der Waals surface area contributed by atoms with Crippen LogP contribution in [0.25, 0.3) is 0 Å². The van der Waals surface area contributed by atoms with Gasteiger partial charge in [0.25, 0.3) is 0 Å². The SMILES string of the molecule is CNCCc1ncc(CC(C)(C)OC)o1. The number of ether oxygens (including phenoxy) is 1. The topological polar surface area (TPSA) is 47.3 Å². The maximum atomic E-state index is 5.59. The van der Waals surface area contributed by atoms with Gasteiger partial charge in [-0.15, -0.1) is 0 Å². The summed E-state index contributed by atoms with van der Waals surface area (Å²) in [6, 6.07) is 0. The predicted molar refractivity (Wildman–Crippen MR) is 58.9 cm³/mol. The largest absolute Gasteiger partial charge is 0.446 e. The van der Waals surface area contributed by atoms with Crippen LogP contribution < -0.4 is 5.32 Å². The van der Waals surface area contributed by atoms with Gasteiger partial charge < -0.3 is 14.5 Å². The molecule has 0 amide bonds. The number of methoxy groups -OCH3 is 1. The molecule has 0 aromatic carbocycles. The Morgan fingerprint density at radius 2 is 2.27 bits per heavy atom. The van der Waals surface area contributed by atoms with Gasteiger partial charge in [-0.1, -0.05) is 0 Å². The van der Waals surface area contributed by atoms with Gasteiger partial charge in [-0.2, -0.15) is 0 Å². The van der Waals surface area contributed by atoms with E-state index in [1.807, 2.05) is 20.9 Å². The number of nitrogens with one attached hydrogen (secondary N) is 1. The summed E-state index contributed by atoms with van der Waals surface area (Å²) < 4.78 is 10.9. The lowest BCUT2D eigenvalue weighted by Crippen LogP contribution is -2.25. The number of hydrogen-bond acceptors (Lipinski definition) is 4. The third-order valence-corrected chi connectivity index (χ3v) is 2.34. The highest BCUT2D eigenvalue weighted by Crippen LogP contribution is 2.16. The van der Waals surface area contributed by atoms with Gasteiger partial charge >= 0.3 is 0 Å². The maximum absolute atomic E-state index is 5.59. The zero-order valence-electron chi connectivity index (χ0n) is 9.96. The summed E-state index contributed by atoms with van der Waals surface area (Å²) in [4.78, 5) is 4.21. The molecular formula is C11H20N2O2. The van der Waals surface area contributed by atoms with Gasteiger partial charge in [0.05, 0.1) is 11.8 Å². The molecule has 0 spiro atoms. The summed E-state index contributed by atoms with van der Waals surface area (Å²) in [5, 5.41) is 3.06. The Hall–Kier alpha value is -0.870. The molecule has 0 aliphatic carbocycles. The second-order valence-corrected chi connectivity index (χ2v) is 4.21. The molecular weight excluding hydrogens is 192 g/mol. The summed E-state index contributed by atoms with van der Waals surface area (Å²) in [6.45, 7) is 4.94. The van der Waals surface area contributed by atoms with E-state index in [2.05, 4.69) is 10.3 Å². The molecule has 1 aromatic rings. The summed E-state index contributed by atoms with van der Waals surface area (Å²) in [7, 11) is 3.62. The van der Waals surface area contributed by atoms with E-state index in [0.29, 0.717) is 0 Å². The fourth-order valence-electron chi connectivity index (χ4n) is 1.27. The number of hydrogen-bond donors (Lipinski definition) is 1. The van der Waals surface area contributed by atoms with Gasteiger partial charge in [0.2, 0.25) is 0 Å². The van der Waals surface area contributed by atoms with Gasteiger partial charge in [0.15, 0.2) is 5.89 Å². The Morgan fingerprint density at radius 3 is 2.87 bits per heavy atom. The Labute approximate surface area is 91.0 Å². The smallest absolute Gasteiger partial charge is 0.195 e. The minimum Gasteiger partial charge on any atom is -0.446 e. The first-order valence-corrected chi connectivity index (χ1v) is 5.21. The van der Waals surface area contributed by atoms with Crippen molar-refractivity contribution in [1.29, 1.82) is 0 Å². The van der Waals surface area contributed by atoms with Crippen LogP contribution in [0, 0.1) is 0 Å². The predicted octanol–water partition coefficient (Wildman–Crippen LogP) is 1.40. The van der Waals surface area contributed by atoms with E-state index < -0.39 is 0 Å². The first-order chi connectivity index (χ1) is 7.07. The number of likely N-dealkylation sites (N-methyl/N-ethyl adjacent to an activating group) is 1. The molecule has 4 heteroatoms. The summed E-state index contributed by atoms with van der Waals surface area (Å²) >= 11 is 0. The van der Waals surface area contributed by atoms with Crippen LogP contribution in [0.5, 0.6) is 0 Å². The molecule has 1 rings (SSSR count). The molecule has 0 saturated heterocycles. The lowest BCUT2D eigenvalue weighted by Gasteiger charge is -2.20. The molecule has 0 radical (unpaired) electrons. The maximum Gasteiger partial charge on any atom is 0.195 e. The molecule has 0 unspecified atom stereocenters. The van der Waals surface area contributed by atoms with E-state index in [1.165, 1.54) is 0 Å². The number of oxazole rings is 1. The second-order valence-electron chi connectivity index (χ2n) is 4.21. The molecule has 1 heterocycles. The lowest BCUT2D eigenvalue weighted by molar-refractivity contribution is 0.0190. The van der Waals surface area contributed by atoms with Crippen LogP contribution in [0.15, 0.2) is 10.6 Å². The molecule has 0 aliphatic rings. The van der Waals surface area contributed by atoms with E-state index in [0.717, 1.165) is 31.0 Å². The van der Waals surface area contributed by atoms with Crippen LogP contribution in [-0.4, -0.2) is 31.3 Å². The molecule has 0 fully saturated rings. The van der Waals surface area contributed by atoms with Gasteiger partial charge in [0, 0.05) is 26.5 Å². The monoisotopic (exact) mass is 212 g/mol. The van der Waals surface area contributed by atoms with Gasteiger partial charge in [-0.3, -0.25) is 0 Å². The molecule has 1 aromatic heterocycles. The van der Waals surface area contributed by atoms with Crippen molar-refractivity contribution in [3.63, 3.8) is 0 Å². The van der Waals surface area contributed by atoms with E-state index in [4.69, 9.17) is 9.15 Å². The average Bonchev–Trinajstić information content (AvgIpc) is 2.62. The van der Waals surface area contributed by atoms with E-state index in [1.54, 1.807) is 13.3 Å². The first kappa shape index (κ1) is 12.2. The standard InChI is InChI=1S/C11H20N2O2/c1-11(2,14-4)7-9-8-13-10(15-9)5-6-12-3/h8,12H,5-7H2,1-4H3. The first-order valence-electron chi connectivity index (χ1n) is 5.21. The minimum atomic E-state index is -0.195. The van der Waals surface area contributed by atoms with Crippen molar-refractivity contribution in [3.05, 3.63) is 17.8 Å². The highest BCUT2D eigenvalue weighted by atomic mass is 16.5. The van der Waals surface area contributed by atoms with Gasteiger partial charge in [-0.05, 0) is 20.9 Å². The fraction of sp³-hybridized carbons (Fsp3) is 0.727. The second kappa shape index (κ2) is 5.28. The van der Waals surface area contributed by atoms with Crippen LogP contribution in [0.2, 0.25) is 0 Å². The number of nitrogens with zero attached hydrogens (tertiary/aromatic N) is 1. The zero-order chi connectivity index (χ0) is 11.3. The van der Waals surface area contributed by atoms with Gasteiger partial charge in [-0.25, -0.2) is 4.98 Å². The van der Waals surface area contributed by atoms with Crippen LogP contribution in [0.4, 0.5) is 0 Å². The highest BCUT2D eigenvalue weighted by molar-refractivity contribution is 4.98. The average molecular weight is 212 g/mol. The van der Waals surface area contributed by atoms with E-state index in [-0.39, 0.29) is 5.60 Å². The third kappa shape index (κ3) is 4.01. The van der Waals surface area contributed by atoms with Crippen LogP contribution in [0.1, 0.15) is 25.5 Å². The number of rotatable bonds is 6. The lowest BCUT2D eigenvalue weighted by atomic mass is 10.0. The van der Waals surface area contributed by atoms with Crippen molar-refractivity contribution >= 4 is 0 Å². The molecule has 86 valence electrons. The molecule has 0 aliphatic heterocycles. The highest BCUT2D eigenvalue weighted by Gasteiger charge is 2.19. The van der Waals surface area contributed by atoms with Crippen molar-refractivity contribution < 1.29 is 9.15 Å². The molecule has 0 bridgehead atoms. The fourth-order valence-corrected chi connectivity index (χ4v) is 1.27. The molecule has 0 atom stereocenters. The number of aromatic nitrogens is 1. The summed E-state index contributed by atoms with van der Waals surface area (Å²) in [6.07, 6.45) is 3.35. The van der Waals surface area contributed by atoms with Crippen LogP contribution >= 0.6 is 0 Å². The van der Waals surface area contributed by atoms with E-state index in [9.17, 15) is 0 Å². The van der Waals surface area contributed by atoms with Crippen molar-refractivity contribution in [2.24, 2.45) is 0 Å². The van der Waals surface area contributed by atoms with Crippen molar-refractivity contribution in [2.75, 3.05) is 20.7 Å². The Morgan fingerprint density at radius 1 is 1.53 bits per heavy atom. The quantitative estimate of drug-likeness (QED) is 0.774. The third-order valence-electron chi connectivity index (χ3n) is 2.34. The zero-order valence-corrected chi connectivity index (χ0v) is 9.96. The van der Waals surface area contributed by atoms with Crippen molar-refractivity contribution in [1.82, 2.24) is 10.3 Å². The minimum absolute atomic E-state index is 0.195. The summed E-state index contributed by atoms with van der Waals surface area (Å²) in [5.41, 5.74) is -0.195. The molecule has 4 nitrogen and oxygen atoms in total. The Kier molecular flexibility index (Phi) is 4.29. The van der Waals surface area contributed by atoms with Crippen LogP contribution in [0.3, 0.4) is 0 Å². The van der Waals surface area contributed by atoms with Gasteiger partial charge in [0.1, 0.15) is 5.76 Å². The van der Waals surface area contributed by atoms with Crippen molar-refractivity contribution in [3.8, 4) is 0 Å². The normalized spacial score (nSPS) is 12.0. The van der Waals surface area contributed by atoms with Crippen LogP contribution in [-0.2, 0) is 17.6 Å². The Bertz CT molecular complexity index is 295. The molecule has 15 heavy (non-hydrogen) atoms. The molecule has 0 saturated carbocycles. The van der Waals surface area contributed by atoms with Crippen molar-refractivity contribution in [2.45, 2.75) is 32.3 Å².